The molecule has 2 aromatic carbocycles. The van der Waals surface area contributed by atoms with Crippen LogP contribution in [0.1, 0.15) is 62.1 Å². The average Bonchev–Trinajstić information content (AvgIpc) is 2.69. The van der Waals surface area contributed by atoms with Gasteiger partial charge < -0.3 is 4.74 Å². The normalized spacial score (nSPS) is 19.6. The van der Waals surface area contributed by atoms with Gasteiger partial charge in [-0.2, -0.15) is 4.39 Å². The number of hydrogen-bond donors (Lipinski definition) is 0. The van der Waals surface area contributed by atoms with E-state index in [1.165, 1.54) is 12.1 Å². The van der Waals surface area contributed by atoms with Gasteiger partial charge in [-0.3, -0.25) is 0 Å². The largest absolute Gasteiger partial charge is 0.491 e. The number of hydrogen-bond acceptors (Lipinski definition) is 1. The topological polar surface area (TPSA) is 9.23 Å². The summed E-state index contributed by atoms with van der Waals surface area (Å²) in [5, 5.41) is 0. The average molecular weight is 394 g/mol. The lowest BCUT2D eigenvalue weighted by Crippen LogP contribution is -2.13. The molecule has 0 unspecified atom stereocenters. The highest BCUT2D eigenvalue weighted by atomic mass is 19.2. The van der Waals surface area contributed by atoms with Gasteiger partial charge in [0.2, 0.25) is 5.82 Å². The van der Waals surface area contributed by atoms with Crippen molar-refractivity contribution in [3.8, 4) is 5.75 Å². The van der Waals surface area contributed by atoms with E-state index in [2.05, 4.69) is 6.92 Å². The van der Waals surface area contributed by atoms with Crippen LogP contribution in [0.3, 0.4) is 0 Å². The molecule has 28 heavy (non-hydrogen) atoms. The SMILES string of the molecule is CCOc1ccc(CCc2ccc(C3CCC(C)CC3)c(F)c2F)c(F)c1F. The summed E-state index contributed by atoms with van der Waals surface area (Å²) in [7, 11) is 0. The van der Waals surface area contributed by atoms with Gasteiger partial charge in [0.1, 0.15) is 0 Å². The van der Waals surface area contributed by atoms with Crippen LogP contribution >= 0.6 is 0 Å². The van der Waals surface area contributed by atoms with E-state index in [4.69, 9.17) is 4.74 Å². The van der Waals surface area contributed by atoms with Crippen molar-refractivity contribution in [3.63, 3.8) is 0 Å². The molecule has 0 heterocycles. The zero-order chi connectivity index (χ0) is 20.3. The van der Waals surface area contributed by atoms with Crippen molar-refractivity contribution in [2.45, 2.75) is 58.3 Å². The van der Waals surface area contributed by atoms with Crippen LogP contribution in [0.25, 0.3) is 0 Å². The maximum absolute atomic E-state index is 14.6. The summed E-state index contributed by atoms with van der Waals surface area (Å²) < 4.78 is 62.4. The number of benzene rings is 2. The Morgan fingerprint density at radius 2 is 1.36 bits per heavy atom. The van der Waals surface area contributed by atoms with E-state index in [1.807, 2.05) is 0 Å². The minimum atomic E-state index is -1.05. The van der Waals surface area contributed by atoms with Gasteiger partial charge in [-0.25, -0.2) is 13.2 Å². The van der Waals surface area contributed by atoms with Gasteiger partial charge in [0.05, 0.1) is 6.61 Å². The van der Waals surface area contributed by atoms with Crippen LogP contribution in [-0.4, -0.2) is 6.61 Å². The smallest absolute Gasteiger partial charge is 0.200 e. The van der Waals surface area contributed by atoms with Crippen molar-refractivity contribution in [1.29, 1.82) is 0 Å². The van der Waals surface area contributed by atoms with Crippen molar-refractivity contribution < 1.29 is 22.3 Å². The van der Waals surface area contributed by atoms with Crippen LogP contribution in [0.5, 0.6) is 5.75 Å². The Morgan fingerprint density at radius 1 is 0.786 bits per heavy atom. The Hall–Kier alpha value is -2.04. The second-order valence-corrected chi connectivity index (χ2v) is 7.68. The molecule has 0 saturated heterocycles. The minimum absolute atomic E-state index is 0.0531. The lowest BCUT2D eigenvalue weighted by Gasteiger charge is -2.27. The van der Waals surface area contributed by atoms with Gasteiger partial charge in [0.25, 0.3) is 0 Å². The molecule has 0 radical (unpaired) electrons. The van der Waals surface area contributed by atoms with Crippen LogP contribution < -0.4 is 4.74 Å². The molecule has 0 atom stereocenters. The van der Waals surface area contributed by atoms with Gasteiger partial charge in [-0.1, -0.05) is 38.0 Å². The van der Waals surface area contributed by atoms with Crippen molar-refractivity contribution in [2.24, 2.45) is 5.92 Å². The lowest BCUT2D eigenvalue weighted by atomic mass is 9.79. The second-order valence-electron chi connectivity index (χ2n) is 7.68. The molecular weight excluding hydrogens is 368 g/mol. The molecule has 1 nitrogen and oxygen atoms in total. The molecule has 0 aliphatic heterocycles. The molecule has 1 aliphatic rings. The summed E-state index contributed by atoms with van der Waals surface area (Å²) in [4.78, 5) is 0. The summed E-state index contributed by atoms with van der Waals surface area (Å²) in [5.41, 5.74) is 0.733. The number of ether oxygens (including phenoxy) is 1. The minimum Gasteiger partial charge on any atom is -0.491 e. The molecular formula is C23H26F4O. The summed E-state index contributed by atoms with van der Waals surface area (Å²) >= 11 is 0. The fourth-order valence-electron chi connectivity index (χ4n) is 3.98. The predicted octanol–water partition coefficient (Wildman–Crippen LogP) is 6.72. The number of aryl methyl sites for hydroxylation is 2. The van der Waals surface area contributed by atoms with E-state index in [0.29, 0.717) is 11.5 Å². The molecule has 1 fully saturated rings. The molecule has 0 bridgehead atoms. The third-order valence-corrected chi connectivity index (χ3v) is 5.74. The van der Waals surface area contributed by atoms with Gasteiger partial charge in [0.15, 0.2) is 23.2 Å². The fourth-order valence-corrected chi connectivity index (χ4v) is 3.98. The van der Waals surface area contributed by atoms with Crippen molar-refractivity contribution in [2.75, 3.05) is 6.61 Å². The molecule has 5 heteroatoms. The maximum Gasteiger partial charge on any atom is 0.200 e. The van der Waals surface area contributed by atoms with E-state index in [9.17, 15) is 17.6 Å². The molecule has 152 valence electrons. The molecule has 0 amide bonds. The van der Waals surface area contributed by atoms with Crippen LogP contribution in [-0.2, 0) is 12.8 Å². The standard InChI is InChI=1S/C23H26F4O/c1-3-28-19-13-11-17(21(25)23(19)27)9-8-16-10-12-18(22(26)20(16)24)15-6-4-14(2)5-7-15/h10-15H,3-9H2,1-2H3. The van der Waals surface area contributed by atoms with Crippen LogP contribution in [0.4, 0.5) is 17.6 Å². The second kappa shape index (κ2) is 8.97. The molecule has 0 spiro atoms. The Labute approximate surface area is 163 Å². The van der Waals surface area contributed by atoms with E-state index in [-0.39, 0.29) is 42.2 Å². The first-order chi connectivity index (χ1) is 13.4. The summed E-state index contributed by atoms with van der Waals surface area (Å²) in [6.07, 6.45) is 3.95. The summed E-state index contributed by atoms with van der Waals surface area (Å²) in [5.74, 6) is -3.18. The quantitative estimate of drug-likeness (QED) is 0.494. The van der Waals surface area contributed by atoms with E-state index in [0.717, 1.165) is 25.7 Å². The zero-order valence-electron chi connectivity index (χ0n) is 16.3. The summed E-state index contributed by atoms with van der Waals surface area (Å²) in [6.45, 7) is 4.09. The van der Waals surface area contributed by atoms with Crippen LogP contribution in [0.2, 0.25) is 0 Å². The highest BCUT2D eigenvalue weighted by molar-refractivity contribution is 5.33. The molecule has 1 aliphatic carbocycles. The zero-order valence-corrected chi connectivity index (χ0v) is 16.3. The third kappa shape index (κ3) is 4.34. The van der Waals surface area contributed by atoms with Gasteiger partial charge >= 0.3 is 0 Å². The first kappa shape index (κ1) is 20.7. The Kier molecular flexibility index (Phi) is 6.63. The van der Waals surface area contributed by atoms with Crippen LogP contribution in [0.15, 0.2) is 24.3 Å². The monoisotopic (exact) mass is 394 g/mol. The third-order valence-electron chi connectivity index (χ3n) is 5.74. The predicted molar refractivity (Wildman–Crippen MR) is 102 cm³/mol. The van der Waals surface area contributed by atoms with E-state index in [1.54, 1.807) is 19.1 Å². The Balaban J connectivity index is 1.73. The highest BCUT2D eigenvalue weighted by Crippen LogP contribution is 2.37. The fraction of sp³-hybridized carbons (Fsp3) is 0.478. The number of halogens is 4. The highest BCUT2D eigenvalue weighted by Gasteiger charge is 2.25. The van der Waals surface area contributed by atoms with Crippen molar-refractivity contribution >= 4 is 0 Å². The molecule has 2 aromatic rings. The first-order valence-corrected chi connectivity index (χ1v) is 9.98. The first-order valence-electron chi connectivity index (χ1n) is 9.98. The van der Waals surface area contributed by atoms with Gasteiger partial charge in [-0.15, -0.1) is 0 Å². The summed E-state index contributed by atoms with van der Waals surface area (Å²) in [6, 6.07) is 6.02. The Morgan fingerprint density at radius 3 is 1.96 bits per heavy atom. The van der Waals surface area contributed by atoms with E-state index >= 15 is 0 Å². The molecule has 0 N–H and O–H groups in total. The Bertz CT molecular complexity index is 826. The van der Waals surface area contributed by atoms with Crippen molar-refractivity contribution in [3.05, 3.63) is 64.2 Å². The maximum atomic E-state index is 14.6. The van der Waals surface area contributed by atoms with Crippen molar-refractivity contribution in [1.82, 2.24) is 0 Å². The van der Waals surface area contributed by atoms with Gasteiger partial charge in [0, 0.05) is 0 Å². The molecule has 3 rings (SSSR count). The lowest BCUT2D eigenvalue weighted by molar-refractivity contribution is 0.313. The molecule has 0 aromatic heterocycles. The van der Waals surface area contributed by atoms with E-state index < -0.39 is 23.3 Å². The molecule has 1 saturated carbocycles. The van der Waals surface area contributed by atoms with Gasteiger partial charge in [-0.05, 0) is 67.2 Å². The number of rotatable bonds is 6. The van der Waals surface area contributed by atoms with Crippen LogP contribution in [0, 0.1) is 29.2 Å².